The van der Waals surface area contributed by atoms with Gasteiger partial charge in [-0.2, -0.15) is 10.3 Å². The van der Waals surface area contributed by atoms with Crippen LogP contribution in [0.25, 0.3) is 0 Å². The van der Waals surface area contributed by atoms with Crippen molar-refractivity contribution in [2.75, 3.05) is 17.6 Å². The van der Waals surface area contributed by atoms with Crippen molar-refractivity contribution in [2.24, 2.45) is 5.10 Å². The van der Waals surface area contributed by atoms with Gasteiger partial charge < -0.3 is 11.1 Å². The molecule has 5 heteroatoms. The van der Waals surface area contributed by atoms with Crippen molar-refractivity contribution in [1.82, 2.24) is 5.17 Å². The van der Waals surface area contributed by atoms with Gasteiger partial charge in [0.25, 0.3) is 0 Å². The van der Waals surface area contributed by atoms with Crippen LogP contribution in [0.2, 0.25) is 0 Å². The van der Waals surface area contributed by atoms with E-state index in [4.69, 9.17) is 5.73 Å². The summed E-state index contributed by atoms with van der Waals surface area (Å²) >= 11 is 0. The van der Waals surface area contributed by atoms with Gasteiger partial charge in [-0.25, -0.2) is 0 Å². The molecule has 15 heavy (non-hydrogen) atoms. The highest BCUT2D eigenvalue weighted by atomic mass is 16.5. The molecule has 1 aromatic rings. The van der Waals surface area contributed by atoms with Crippen molar-refractivity contribution in [3.8, 4) is 0 Å². The third-order valence-corrected chi connectivity index (χ3v) is 2.38. The Morgan fingerprint density at radius 2 is 2.40 bits per heavy atom. The van der Waals surface area contributed by atoms with Gasteiger partial charge >= 0.3 is 0 Å². The Hall–Kier alpha value is -1.75. The molecule has 0 unspecified atom stereocenters. The minimum atomic E-state index is 0.360. The fourth-order valence-electron chi connectivity index (χ4n) is 1.67. The Morgan fingerprint density at radius 3 is 3.13 bits per heavy atom. The first kappa shape index (κ1) is 9.79. The summed E-state index contributed by atoms with van der Waals surface area (Å²) in [6, 6.07) is 3.76. The predicted octanol–water partition coefficient (Wildman–Crippen LogP) is 1.24. The van der Waals surface area contributed by atoms with E-state index in [1.165, 1.54) is 0 Å². The van der Waals surface area contributed by atoms with Crippen LogP contribution in [-0.2, 0) is 6.54 Å². The Balaban J connectivity index is 2.49. The fraction of sp³-hybridized carbons (Fsp3) is 0.300. The van der Waals surface area contributed by atoms with Crippen LogP contribution in [0.4, 0.5) is 11.4 Å². The molecule has 0 bridgehead atoms. The number of hydrogen-bond acceptors (Lipinski definition) is 5. The molecule has 0 amide bonds. The van der Waals surface area contributed by atoms with Crippen molar-refractivity contribution in [2.45, 2.75) is 13.5 Å². The van der Waals surface area contributed by atoms with Crippen molar-refractivity contribution in [3.05, 3.63) is 23.3 Å². The largest absolute Gasteiger partial charge is 0.398 e. The van der Waals surface area contributed by atoms with Gasteiger partial charge in [0.1, 0.15) is 0 Å². The lowest BCUT2D eigenvalue weighted by Gasteiger charge is -2.22. The third kappa shape index (κ3) is 1.73. The van der Waals surface area contributed by atoms with Gasteiger partial charge in [0.05, 0.1) is 12.8 Å². The molecule has 1 heterocycles. The average molecular weight is 206 g/mol. The number of hydrogen-bond donors (Lipinski definition) is 3. The zero-order chi connectivity index (χ0) is 10.8. The van der Waals surface area contributed by atoms with Gasteiger partial charge in [0.2, 0.25) is 0 Å². The molecule has 0 saturated carbocycles. The molecular formula is C10H14N4O. The molecule has 0 saturated heterocycles. The Morgan fingerprint density at radius 1 is 1.60 bits per heavy atom. The van der Waals surface area contributed by atoms with Crippen molar-refractivity contribution < 1.29 is 5.21 Å². The number of nitrogens with one attached hydrogen (secondary N) is 1. The lowest BCUT2D eigenvalue weighted by Crippen LogP contribution is -2.20. The number of hydrazone groups is 1. The number of hydroxylamine groups is 1. The monoisotopic (exact) mass is 206 g/mol. The van der Waals surface area contributed by atoms with Gasteiger partial charge in [-0.15, -0.1) is 0 Å². The SMILES string of the molecule is CCNc1ccc(N)c2c1CN(O)N=C2. The first-order valence-electron chi connectivity index (χ1n) is 4.88. The van der Waals surface area contributed by atoms with E-state index in [9.17, 15) is 5.21 Å². The molecule has 0 aromatic heterocycles. The van der Waals surface area contributed by atoms with E-state index in [2.05, 4.69) is 10.4 Å². The molecule has 1 aliphatic rings. The van der Waals surface area contributed by atoms with E-state index in [1.54, 1.807) is 6.21 Å². The Labute approximate surface area is 88.1 Å². The van der Waals surface area contributed by atoms with Crippen LogP contribution in [0.15, 0.2) is 17.2 Å². The summed E-state index contributed by atoms with van der Waals surface area (Å²) in [5.74, 6) is 0. The quantitative estimate of drug-likeness (QED) is 0.636. The fourth-order valence-corrected chi connectivity index (χ4v) is 1.67. The number of benzene rings is 1. The van der Waals surface area contributed by atoms with Crippen LogP contribution >= 0.6 is 0 Å². The summed E-state index contributed by atoms with van der Waals surface area (Å²) in [7, 11) is 0. The van der Waals surface area contributed by atoms with Crippen LogP contribution in [-0.4, -0.2) is 23.1 Å². The number of nitrogens with zero attached hydrogens (tertiary/aromatic N) is 2. The summed E-state index contributed by atoms with van der Waals surface area (Å²) in [6.45, 7) is 3.22. The number of nitrogen functional groups attached to an aromatic ring is 1. The Kier molecular flexibility index (Phi) is 2.47. The lowest BCUT2D eigenvalue weighted by molar-refractivity contribution is -0.0989. The summed E-state index contributed by atoms with van der Waals surface area (Å²) in [6.07, 6.45) is 1.58. The first-order valence-corrected chi connectivity index (χ1v) is 4.88. The molecule has 0 radical (unpaired) electrons. The number of rotatable bonds is 2. The minimum Gasteiger partial charge on any atom is -0.398 e. The van der Waals surface area contributed by atoms with Gasteiger partial charge in [0.15, 0.2) is 0 Å². The molecule has 0 fully saturated rings. The maximum atomic E-state index is 9.31. The van der Waals surface area contributed by atoms with E-state index >= 15 is 0 Å². The van der Waals surface area contributed by atoms with Gasteiger partial charge in [-0.1, -0.05) is 0 Å². The highest BCUT2D eigenvalue weighted by molar-refractivity contribution is 5.92. The average Bonchev–Trinajstić information content (AvgIpc) is 2.22. The number of nitrogens with two attached hydrogens (primary N) is 1. The third-order valence-electron chi connectivity index (χ3n) is 2.38. The lowest BCUT2D eigenvalue weighted by atomic mass is 10.0. The molecule has 4 N–H and O–H groups in total. The van der Waals surface area contributed by atoms with Gasteiger partial charge in [0, 0.05) is 29.0 Å². The Bertz CT molecular complexity index is 403. The zero-order valence-corrected chi connectivity index (χ0v) is 8.57. The smallest absolute Gasteiger partial charge is 0.0923 e. The molecule has 0 spiro atoms. The number of fused-ring (bicyclic) bond motifs is 1. The molecule has 0 aliphatic carbocycles. The second-order valence-electron chi connectivity index (χ2n) is 3.40. The maximum absolute atomic E-state index is 9.31. The van der Waals surface area contributed by atoms with Crippen molar-refractivity contribution in [1.29, 1.82) is 0 Å². The second-order valence-corrected chi connectivity index (χ2v) is 3.40. The topological polar surface area (TPSA) is 73.9 Å². The second kappa shape index (κ2) is 3.78. The van der Waals surface area contributed by atoms with Crippen LogP contribution in [0, 0.1) is 0 Å². The normalized spacial score (nSPS) is 13.9. The summed E-state index contributed by atoms with van der Waals surface area (Å²) in [5.41, 5.74) is 9.38. The number of anilines is 2. The van der Waals surface area contributed by atoms with Crippen LogP contribution in [0.1, 0.15) is 18.1 Å². The van der Waals surface area contributed by atoms with E-state index < -0.39 is 0 Å². The van der Waals surface area contributed by atoms with Crippen LogP contribution < -0.4 is 11.1 Å². The maximum Gasteiger partial charge on any atom is 0.0923 e. The zero-order valence-electron chi connectivity index (χ0n) is 8.57. The van der Waals surface area contributed by atoms with Crippen LogP contribution in [0.3, 0.4) is 0 Å². The van der Waals surface area contributed by atoms with E-state index in [-0.39, 0.29) is 0 Å². The molecule has 80 valence electrons. The highest BCUT2D eigenvalue weighted by Gasteiger charge is 2.16. The predicted molar refractivity (Wildman–Crippen MR) is 59.9 cm³/mol. The van der Waals surface area contributed by atoms with Crippen molar-refractivity contribution >= 4 is 17.6 Å². The van der Waals surface area contributed by atoms with Crippen molar-refractivity contribution in [3.63, 3.8) is 0 Å². The van der Waals surface area contributed by atoms with Crippen LogP contribution in [0.5, 0.6) is 0 Å². The molecule has 1 aliphatic heterocycles. The molecular weight excluding hydrogens is 192 g/mol. The van der Waals surface area contributed by atoms with E-state index in [0.717, 1.165) is 28.5 Å². The van der Waals surface area contributed by atoms with Gasteiger partial charge in [-0.05, 0) is 19.1 Å². The van der Waals surface area contributed by atoms with E-state index in [0.29, 0.717) is 12.2 Å². The molecule has 5 nitrogen and oxygen atoms in total. The summed E-state index contributed by atoms with van der Waals surface area (Å²) in [5, 5.41) is 17.2. The molecule has 0 atom stereocenters. The standard InChI is InChI=1S/C10H14N4O/c1-2-12-10-4-3-9(11)7-5-13-14(15)6-8(7)10/h3-5,12,15H,2,6,11H2,1H3. The van der Waals surface area contributed by atoms with E-state index in [1.807, 2.05) is 19.1 Å². The summed E-state index contributed by atoms with van der Waals surface area (Å²) in [4.78, 5) is 0. The molecule has 2 rings (SSSR count). The highest BCUT2D eigenvalue weighted by Crippen LogP contribution is 2.27. The molecule has 1 aromatic carbocycles. The first-order chi connectivity index (χ1) is 7.22. The van der Waals surface area contributed by atoms with Gasteiger partial charge in [-0.3, -0.25) is 5.21 Å². The minimum absolute atomic E-state index is 0.360. The summed E-state index contributed by atoms with van der Waals surface area (Å²) < 4.78 is 0.